The Morgan fingerprint density at radius 1 is 1.41 bits per heavy atom. The van der Waals surface area contributed by atoms with Crippen molar-refractivity contribution in [2.75, 3.05) is 12.3 Å². The lowest BCUT2D eigenvalue weighted by Crippen LogP contribution is -2.01. The van der Waals surface area contributed by atoms with Gasteiger partial charge in [-0.25, -0.2) is 8.78 Å². The summed E-state index contributed by atoms with van der Waals surface area (Å²) in [6.45, 7) is 1.98. The van der Waals surface area contributed by atoms with E-state index in [9.17, 15) is 13.6 Å². The molecular weight excluding hydrogens is 228 g/mol. The Balaban J connectivity index is 2.72. The molecule has 0 aliphatic heterocycles. The maximum Gasteiger partial charge on any atom is 0.309 e. The minimum absolute atomic E-state index is 0.0132. The van der Waals surface area contributed by atoms with Gasteiger partial charge in [0.2, 0.25) is 0 Å². The Labute approximate surface area is 97.9 Å². The summed E-state index contributed by atoms with van der Waals surface area (Å²) in [6, 6.07) is 2.61. The van der Waals surface area contributed by atoms with Gasteiger partial charge in [-0.05, 0) is 19.1 Å². The van der Waals surface area contributed by atoms with E-state index >= 15 is 0 Å². The van der Waals surface area contributed by atoms with Crippen LogP contribution < -0.4 is 5.73 Å². The number of hydrogen-bond donors (Lipinski definition) is 1. The first kappa shape index (κ1) is 13.2. The highest BCUT2D eigenvalue weighted by Crippen LogP contribution is 2.19. The zero-order chi connectivity index (χ0) is 12.8. The van der Waals surface area contributed by atoms with Crippen molar-refractivity contribution in [3.8, 4) is 0 Å². The molecule has 0 aliphatic rings. The van der Waals surface area contributed by atoms with Gasteiger partial charge >= 0.3 is 5.97 Å². The van der Waals surface area contributed by atoms with Crippen LogP contribution in [0.15, 0.2) is 18.2 Å². The van der Waals surface area contributed by atoms with Crippen LogP contribution in [0, 0.1) is 11.6 Å². The molecule has 0 aliphatic carbocycles. The summed E-state index contributed by atoms with van der Waals surface area (Å²) in [5, 5.41) is 0. The third kappa shape index (κ3) is 3.55. The molecule has 0 unspecified atom stereocenters. The first-order chi connectivity index (χ1) is 8.06. The lowest BCUT2D eigenvalue weighted by atomic mass is 10.1. The predicted molar refractivity (Wildman–Crippen MR) is 61.1 cm³/mol. The van der Waals surface area contributed by atoms with E-state index in [0.717, 1.165) is 0 Å². The van der Waals surface area contributed by atoms with E-state index in [0.29, 0.717) is 0 Å². The third-order valence-electron chi connectivity index (χ3n) is 2.03. The van der Waals surface area contributed by atoms with Crippen LogP contribution in [0.2, 0.25) is 0 Å². The van der Waals surface area contributed by atoms with Gasteiger partial charge in [-0.2, -0.15) is 0 Å². The molecule has 0 amide bonds. The summed E-state index contributed by atoms with van der Waals surface area (Å²) >= 11 is 0. The molecular formula is C12H13F2NO2. The summed E-state index contributed by atoms with van der Waals surface area (Å²) in [7, 11) is 0. The first-order valence-electron chi connectivity index (χ1n) is 5.12. The van der Waals surface area contributed by atoms with Crippen LogP contribution in [-0.2, 0) is 9.53 Å². The maximum atomic E-state index is 13.3. The van der Waals surface area contributed by atoms with Crippen molar-refractivity contribution in [2.24, 2.45) is 0 Å². The molecule has 17 heavy (non-hydrogen) atoms. The normalized spacial score (nSPS) is 10.8. The molecule has 0 fully saturated rings. The number of halogens is 2. The van der Waals surface area contributed by atoms with Gasteiger partial charge in [-0.3, -0.25) is 4.79 Å². The smallest absolute Gasteiger partial charge is 0.309 e. The molecule has 92 valence electrons. The highest BCUT2D eigenvalue weighted by molar-refractivity contribution is 5.72. The highest BCUT2D eigenvalue weighted by Gasteiger charge is 2.09. The topological polar surface area (TPSA) is 52.3 Å². The van der Waals surface area contributed by atoms with Crippen molar-refractivity contribution in [1.29, 1.82) is 0 Å². The van der Waals surface area contributed by atoms with E-state index < -0.39 is 17.6 Å². The monoisotopic (exact) mass is 241 g/mol. The van der Waals surface area contributed by atoms with Gasteiger partial charge < -0.3 is 10.5 Å². The fourth-order valence-corrected chi connectivity index (χ4v) is 1.21. The van der Waals surface area contributed by atoms with Gasteiger partial charge in [0.25, 0.3) is 0 Å². The highest BCUT2D eigenvalue weighted by atomic mass is 19.2. The number of esters is 1. The summed E-state index contributed by atoms with van der Waals surface area (Å²) in [4.78, 5) is 11.0. The van der Waals surface area contributed by atoms with Crippen molar-refractivity contribution >= 4 is 17.7 Å². The summed E-state index contributed by atoms with van der Waals surface area (Å²) in [6.07, 6.45) is 2.74. The van der Waals surface area contributed by atoms with E-state index in [1.807, 2.05) is 0 Å². The van der Waals surface area contributed by atoms with E-state index in [4.69, 9.17) is 5.73 Å². The van der Waals surface area contributed by atoms with E-state index in [1.54, 1.807) is 6.92 Å². The number of carbonyl (C=O) groups excluding carboxylic acids is 1. The molecule has 1 aromatic carbocycles. The molecule has 0 saturated carbocycles. The number of ether oxygens (including phenoxy) is 1. The van der Waals surface area contributed by atoms with Crippen molar-refractivity contribution in [2.45, 2.75) is 13.3 Å². The van der Waals surface area contributed by atoms with Gasteiger partial charge in [-0.15, -0.1) is 0 Å². The molecule has 0 radical (unpaired) electrons. The van der Waals surface area contributed by atoms with Crippen LogP contribution in [0.1, 0.15) is 18.9 Å². The Hall–Kier alpha value is -1.91. The number of carbonyl (C=O) groups is 1. The number of benzene rings is 1. The lowest BCUT2D eigenvalue weighted by molar-refractivity contribution is -0.142. The number of nitrogen functional groups attached to an aromatic ring is 1. The Morgan fingerprint density at radius 2 is 2.12 bits per heavy atom. The molecule has 0 aromatic heterocycles. The van der Waals surface area contributed by atoms with E-state index in [-0.39, 0.29) is 24.3 Å². The SMILES string of the molecule is CCOC(=O)CC=Cc1ccc(N)c(F)c1F. The molecule has 3 nitrogen and oxygen atoms in total. The second-order valence-corrected chi connectivity index (χ2v) is 3.28. The number of nitrogens with two attached hydrogens (primary N) is 1. The van der Waals surface area contributed by atoms with Crippen molar-refractivity contribution in [1.82, 2.24) is 0 Å². The molecule has 0 bridgehead atoms. The average Bonchev–Trinajstić information content (AvgIpc) is 2.29. The van der Waals surface area contributed by atoms with Gasteiger partial charge in [-0.1, -0.05) is 12.2 Å². The maximum absolute atomic E-state index is 13.3. The Kier molecular flexibility index (Phi) is 4.63. The van der Waals surface area contributed by atoms with Crippen LogP contribution in [0.25, 0.3) is 6.08 Å². The van der Waals surface area contributed by atoms with Crippen LogP contribution >= 0.6 is 0 Å². The number of anilines is 1. The molecule has 0 saturated heterocycles. The largest absolute Gasteiger partial charge is 0.466 e. The molecule has 1 aromatic rings. The lowest BCUT2D eigenvalue weighted by Gasteiger charge is -2.01. The van der Waals surface area contributed by atoms with Crippen molar-refractivity contribution in [3.05, 3.63) is 35.4 Å². The zero-order valence-corrected chi connectivity index (χ0v) is 9.37. The van der Waals surface area contributed by atoms with Gasteiger partial charge in [0.1, 0.15) is 0 Å². The second-order valence-electron chi connectivity index (χ2n) is 3.28. The molecule has 0 spiro atoms. The van der Waals surface area contributed by atoms with Crippen molar-refractivity contribution < 1.29 is 18.3 Å². The second kappa shape index (κ2) is 5.98. The Bertz CT molecular complexity index is 444. The minimum Gasteiger partial charge on any atom is -0.466 e. The average molecular weight is 241 g/mol. The van der Waals surface area contributed by atoms with Gasteiger partial charge in [0.05, 0.1) is 18.7 Å². The van der Waals surface area contributed by atoms with Crippen LogP contribution in [0.4, 0.5) is 14.5 Å². The van der Waals surface area contributed by atoms with Crippen LogP contribution in [0.5, 0.6) is 0 Å². The molecule has 0 heterocycles. The first-order valence-corrected chi connectivity index (χ1v) is 5.12. The molecule has 1 rings (SSSR count). The summed E-state index contributed by atoms with van der Waals surface area (Å²) in [5.74, 6) is -2.52. The number of rotatable bonds is 4. The van der Waals surface area contributed by atoms with Gasteiger partial charge in [0, 0.05) is 5.56 Å². The zero-order valence-electron chi connectivity index (χ0n) is 9.37. The standard InChI is InChI=1S/C12H13F2NO2/c1-2-17-10(16)5-3-4-8-6-7-9(15)12(14)11(8)13/h3-4,6-7H,2,5,15H2,1H3. The number of hydrogen-bond acceptors (Lipinski definition) is 3. The van der Waals surface area contributed by atoms with Gasteiger partial charge in [0.15, 0.2) is 11.6 Å². The Morgan fingerprint density at radius 3 is 2.76 bits per heavy atom. The van der Waals surface area contributed by atoms with Crippen molar-refractivity contribution in [3.63, 3.8) is 0 Å². The quantitative estimate of drug-likeness (QED) is 0.651. The summed E-state index contributed by atoms with van der Waals surface area (Å²) in [5.41, 5.74) is 4.99. The summed E-state index contributed by atoms with van der Waals surface area (Å²) < 4.78 is 31.1. The molecule has 5 heteroatoms. The van der Waals surface area contributed by atoms with Crippen LogP contribution in [0.3, 0.4) is 0 Å². The predicted octanol–water partition coefficient (Wildman–Crippen LogP) is 2.51. The molecule has 2 N–H and O–H groups in total. The van der Waals surface area contributed by atoms with E-state index in [2.05, 4.69) is 4.74 Å². The van der Waals surface area contributed by atoms with Crippen LogP contribution in [-0.4, -0.2) is 12.6 Å². The molecule has 0 atom stereocenters. The minimum atomic E-state index is -1.08. The third-order valence-corrected chi connectivity index (χ3v) is 2.03. The fourth-order valence-electron chi connectivity index (χ4n) is 1.21. The van der Waals surface area contributed by atoms with E-state index in [1.165, 1.54) is 24.3 Å². The fraction of sp³-hybridized carbons (Fsp3) is 0.250.